The van der Waals surface area contributed by atoms with Crippen LogP contribution >= 0.6 is 0 Å². The SMILES string of the molecule is CC(C(=O)NCc1nnc2c(-c3nc(C4CC4)no3)cccn12)c1ccccc1. The molecule has 3 heterocycles. The molecule has 1 aliphatic carbocycles. The summed E-state index contributed by atoms with van der Waals surface area (Å²) >= 11 is 0. The lowest BCUT2D eigenvalue weighted by Crippen LogP contribution is -2.28. The third-order valence-electron chi connectivity index (χ3n) is 5.23. The topological polar surface area (TPSA) is 98.2 Å². The largest absolute Gasteiger partial charge is 0.348 e. The molecule has 1 saturated carbocycles. The Morgan fingerprint density at radius 3 is 2.83 bits per heavy atom. The second-order valence-corrected chi connectivity index (χ2v) is 7.31. The normalized spacial score (nSPS) is 14.8. The van der Waals surface area contributed by atoms with Gasteiger partial charge in [-0.1, -0.05) is 35.5 Å². The molecular formula is C21H20N6O2. The summed E-state index contributed by atoms with van der Waals surface area (Å²) in [6, 6.07) is 13.5. The van der Waals surface area contributed by atoms with E-state index in [-0.39, 0.29) is 18.4 Å². The third-order valence-corrected chi connectivity index (χ3v) is 5.23. The third kappa shape index (κ3) is 3.37. The van der Waals surface area contributed by atoms with E-state index in [4.69, 9.17) is 4.52 Å². The minimum atomic E-state index is -0.245. The lowest BCUT2D eigenvalue weighted by molar-refractivity contribution is -0.122. The highest BCUT2D eigenvalue weighted by molar-refractivity contribution is 5.83. The van der Waals surface area contributed by atoms with Crippen LogP contribution in [0.4, 0.5) is 0 Å². The van der Waals surface area contributed by atoms with E-state index in [1.54, 1.807) is 0 Å². The van der Waals surface area contributed by atoms with Crippen molar-refractivity contribution in [2.75, 3.05) is 0 Å². The van der Waals surface area contributed by atoms with E-state index >= 15 is 0 Å². The highest BCUT2D eigenvalue weighted by Gasteiger charge is 2.29. The molecule has 0 aliphatic heterocycles. The minimum absolute atomic E-state index is 0.0601. The summed E-state index contributed by atoms with van der Waals surface area (Å²) in [5, 5.41) is 15.6. The van der Waals surface area contributed by atoms with Gasteiger partial charge in [0.25, 0.3) is 5.89 Å². The van der Waals surface area contributed by atoms with Crippen molar-refractivity contribution in [2.24, 2.45) is 0 Å². The van der Waals surface area contributed by atoms with Gasteiger partial charge >= 0.3 is 0 Å². The van der Waals surface area contributed by atoms with Crippen LogP contribution in [0.2, 0.25) is 0 Å². The summed E-state index contributed by atoms with van der Waals surface area (Å²) in [6.07, 6.45) is 4.08. The average Bonchev–Trinajstić information content (AvgIpc) is 3.35. The molecule has 1 aliphatic rings. The van der Waals surface area contributed by atoms with Gasteiger partial charge in [0.1, 0.15) is 0 Å². The molecule has 3 aromatic heterocycles. The van der Waals surface area contributed by atoms with E-state index in [2.05, 4.69) is 25.7 Å². The molecule has 8 heteroatoms. The molecular weight excluding hydrogens is 368 g/mol. The number of hydrogen-bond donors (Lipinski definition) is 1. The highest BCUT2D eigenvalue weighted by Crippen LogP contribution is 2.39. The van der Waals surface area contributed by atoms with Crippen LogP contribution in [0.15, 0.2) is 53.2 Å². The number of carbonyl (C=O) groups excluding carboxylic acids is 1. The number of nitrogens with zero attached hydrogens (tertiary/aromatic N) is 5. The molecule has 146 valence electrons. The number of carbonyl (C=O) groups is 1. The molecule has 0 radical (unpaired) electrons. The van der Waals surface area contributed by atoms with Crippen molar-refractivity contribution in [1.82, 2.24) is 30.1 Å². The number of fused-ring (bicyclic) bond motifs is 1. The maximum Gasteiger partial charge on any atom is 0.261 e. The summed E-state index contributed by atoms with van der Waals surface area (Å²) < 4.78 is 7.27. The van der Waals surface area contributed by atoms with Crippen LogP contribution in [0.1, 0.15) is 48.8 Å². The molecule has 0 spiro atoms. The van der Waals surface area contributed by atoms with Gasteiger partial charge < -0.3 is 9.84 Å². The van der Waals surface area contributed by atoms with Crippen molar-refractivity contribution in [3.05, 3.63) is 65.9 Å². The Hall–Kier alpha value is -3.55. The summed E-state index contributed by atoms with van der Waals surface area (Å²) in [4.78, 5) is 17.0. The maximum absolute atomic E-state index is 12.5. The number of aromatic nitrogens is 5. The van der Waals surface area contributed by atoms with Crippen molar-refractivity contribution in [2.45, 2.75) is 38.1 Å². The lowest BCUT2D eigenvalue weighted by Gasteiger charge is -2.12. The number of rotatable bonds is 6. The molecule has 1 fully saturated rings. The Labute approximate surface area is 167 Å². The smallest absolute Gasteiger partial charge is 0.261 e. The Balaban J connectivity index is 1.35. The first kappa shape index (κ1) is 17.5. The van der Waals surface area contributed by atoms with Crippen molar-refractivity contribution in [3.63, 3.8) is 0 Å². The van der Waals surface area contributed by atoms with Gasteiger partial charge in [0, 0.05) is 12.1 Å². The van der Waals surface area contributed by atoms with Crippen molar-refractivity contribution in [3.8, 4) is 11.5 Å². The van der Waals surface area contributed by atoms with Crippen LogP contribution in [0.3, 0.4) is 0 Å². The average molecular weight is 388 g/mol. The van der Waals surface area contributed by atoms with Gasteiger partial charge in [-0.3, -0.25) is 9.20 Å². The molecule has 1 atom stereocenters. The van der Waals surface area contributed by atoms with E-state index in [1.165, 1.54) is 0 Å². The van der Waals surface area contributed by atoms with Gasteiger partial charge in [-0.05, 0) is 37.5 Å². The van der Waals surface area contributed by atoms with Gasteiger partial charge in [-0.15, -0.1) is 10.2 Å². The monoisotopic (exact) mass is 388 g/mol. The first-order valence-corrected chi connectivity index (χ1v) is 9.70. The zero-order chi connectivity index (χ0) is 19.8. The molecule has 1 unspecified atom stereocenters. The number of nitrogens with one attached hydrogen (secondary N) is 1. The molecule has 1 amide bonds. The predicted molar refractivity (Wildman–Crippen MR) is 105 cm³/mol. The van der Waals surface area contributed by atoms with E-state index in [1.807, 2.05) is 60.0 Å². The Morgan fingerprint density at radius 1 is 1.21 bits per heavy atom. The minimum Gasteiger partial charge on any atom is -0.348 e. The van der Waals surface area contributed by atoms with Crippen LogP contribution in [0.5, 0.6) is 0 Å². The van der Waals surface area contributed by atoms with Crippen molar-refractivity contribution in [1.29, 1.82) is 0 Å². The zero-order valence-electron chi connectivity index (χ0n) is 15.9. The molecule has 1 N–H and O–H groups in total. The van der Waals surface area contributed by atoms with E-state index in [0.29, 0.717) is 23.3 Å². The Morgan fingerprint density at radius 2 is 2.03 bits per heavy atom. The molecule has 0 bridgehead atoms. The van der Waals surface area contributed by atoms with Gasteiger partial charge in [0.15, 0.2) is 17.3 Å². The summed E-state index contributed by atoms with van der Waals surface area (Å²) in [5.41, 5.74) is 2.33. The molecule has 1 aromatic carbocycles. The van der Waals surface area contributed by atoms with Crippen LogP contribution in [0.25, 0.3) is 17.1 Å². The number of benzene rings is 1. The Bertz CT molecular complexity index is 1160. The van der Waals surface area contributed by atoms with Gasteiger partial charge in [-0.2, -0.15) is 4.98 Å². The second kappa shape index (κ2) is 7.12. The fourth-order valence-corrected chi connectivity index (χ4v) is 3.32. The zero-order valence-corrected chi connectivity index (χ0v) is 15.9. The summed E-state index contributed by atoms with van der Waals surface area (Å²) in [7, 11) is 0. The van der Waals surface area contributed by atoms with Gasteiger partial charge in [0.05, 0.1) is 18.0 Å². The standard InChI is InChI=1S/C21H20N6O2/c1-13(14-6-3-2-4-7-14)20(28)22-12-17-24-25-19-16(8-5-11-27(17)19)21-23-18(26-29-21)15-9-10-15/h2-8,11,13,15H,9-10,12H2,1H3,(H,22,28). The first-order chi connectivity index (χ1) is 14.2. The van der Waals surface area contributed by atoms with E-state index < -0.39 is 0 Å². The molecule has 29 heavy (non-hydrogen) atoms. The number of pyridine rings is 1. The van der Waals surface area contributed by atoms with Crippen LogP contribution in [-0.4, -0.2) is 30.6 Å². The van der Waals surface area contributed by atoms with E-state index in [9.17, 15) is 4.79 Å². The van der Waals surface area contributed by atoms with E-state index in [0.717, 1.165) is 29.8 Å². The van der Waals surface area contributed by atoms with Gasteiger partial charge in [0.2, 0.25) is 5.91 Å². The maximum atomic E-state index is 12.5. The fourth-order valence-electron chi connectivity index (χ4n) is 3.32. The Kier molecular flexibility index (Phi) is 4.31. The van der Waals surface area contributed by atoms with Crippen LogP contribution in [0, 0.1) is 0 Å². The van der Waals surface area contributed by atoms with Crippen LogP contribution < -0.4 is 5.32 Å². The second-order valence-electron chi connectivity index (χ2n) is 7.31. The molecule has 0 saturated heterocycles. The number of amides is 1. The quantitative estimate of drug-likeness (QED) is 0.545. The summed E-state index contributed by atoms with van der Waals surface area (Å²) in [5.74, 6) is 1.95. The molecule has 5 rings (SSSR count). The predicted octanol–water partition coefficient (Wildman–Crippen LogP) is 3.08. The lowest BCUT2D eigenvalue weighted by atomic mass is 10.0. The molecule has 8 nitrogen and oxygen atoms in total. The van der Waals surface area contributed by atoms with Crippen molar-refractivity contribution >= 4 is 11.6 Å². The summed E-state index contributed by atoms with van der Waals surface area (Å²) in [6.45, 7) is 2.16. The van der Waals surface area contributed by atoms with Crippen molar-refractivity contribution < 1.29 is 9.32 Å². The fraction of sp³-hybridized carbons (Fsp3) is 0.286. The highest BCUT2D eigenvalue weighted by atomic mass is 16.5. The molecule has 4 aromatic rings. The van der Waals surface area contributed by atoms with Gasteiger partial charge in [-0.25, -0.2) is 0 Å². The van der Waals surface area contributed by atoms with Crippen LogP contribution in [-0.2, 0) is 11.3 Å². The first-order valence-electron chi connectivity index (χ1n) is 9.70. The number of hydrogen-bond acceptors (Lipinski definition) is 6.